The van der Waals surface area contributed by atoms with E-state index in [9.17, 15) is 9.90 Å². The highest BCUT2D eigenvalue weighted by Gasteiger charge is 2.30. The van der Waals surface area contributed by atoms with E-state index in [4.69, 9.17) is 14.7 Å². The standard InChI is InChI=1S/C29H36N6O3/c1-21-19-33(10-6-15-36)12-13-35(21)28-25-9-11-34(20-26(25)30-29(31-28)38-16-14-32(2)3)27-18-23(37)17-22-7-4-5-8-24(22)27/h4-8,10,15,17-18,21,37H,9,11-14,16,19-20H2,1-3H3/t21-/m0/s1. The maximum atomic E-state index is 10.8. The summed E-state index contributed by atoms with van der Waals surface area (Å²) in [6.45, 7) is 7.29. The molecule has 0 unspecified atom stereocenters. The summed E-state index contributed by atoms with van der Waals surface area (Å²) >= 11 is 0. The number of phenols is 1. The number of allylic oxidation sites excluding steroid dienone is 1. The molecule has 9 heteroatoms. The lowest BCUT2D eigenvalue weighted by molar-refractivity contribution is -0.104. The molecule has 0 aliphatic carbocycles. The van der Waals surface area contributed by atoms with Crippen LogP contribution in [0.15, 0.2) is 48.7 Å². The second-order valence-electron chi connectivity index (χ2n) is 10.3. The lowest BCUT2D eigenvalue weighted by Gasteiger charge is -2.42. The molecule has 1 atom stereocenters. The summed E-state index contributed by atoms with van der Waals surface area (Å²) in [6.07, 6.45) is 5.02. The van der Waals surface area contributed by atoms with Crippen LogP contribution in [0.5, 0.6) is 11.8 Å². The van der Waals surface area contributed by atoms with Gasteiger partial charge in [0.05, 0.1) is 12.2 Å². The number of piperazine rings is 1. The van der Waals surface area contributed by atoms with Crippen LogP contribution in [-0.4, -0.2) is 90.6 Å². The van der Waals surface area contributed by atoms with Crippen molar-refractivity contribution in [2.24, 2.45) is 0 Å². The molecule has 3 aromatic rings. The van der Waals surface area contributed by atoms with Crippen LogP contribution in [0.25, 0.3) is 10.8 Å². The zero-order valence-corrected chi connectivity index (χ0v) is 22.4. The van der Waals surface area contributed by atoms with Crippen molar-refractivity contribution < 1.29 is 14.6 Å². The Balaban J connectivity index is 1.48. The number of likely N-dealkylation sites (N-methyl/N-ethyl adjacent to an activating group) is 1. The smallest absolute Gasteiger partial charge is 0.318 e. The summed E-state index contributed by atoms with van der Waals surface area (Å²) in [4.78, 5) is 29.5. The van der Waals surface area contributed by atoms with Crippen molar-refractivity contribution >= 4 is 28.6 Å². The topological polar surface area (TPSA) is 85.3 Å². The highest BCUT2D eigenvalue weighted by molar-refractivity contribution is 5.95. The van der Waals surface area contributed by atoms with E-state index in [2.05, 4.69) is 32.6 Å². The van der Waals surface area contributed by atoms with Gasteiger partial charge in [0, 0.05) is 67.7 Å². The van der Waals surface area contributed by atoms with Crippen molar-refractivity contribution in [2.75, 3.05) is 63.2 Å². The average Bonchev–Trinajstić information content (AvgIpc) is 2.90. The van der Waals surface area contributed by atoms with Crippen LogP contribution in [0.4, 0.5) is 11.5 Å². The summed E-state index contributed by atoms with van der Waals surface area (Å²) in [6, 6.07) is 12.4. The first-order valence-corrected chi connectivity index (χ1v) is 13.2. The van der Waals surface area contributed by atoms with E-state index >= 15 is 0 Å². The molecule has 2 aliphatic rings. The number of fused-ring (bicyclic) bond motifs is 2. The van der Waals surface area contributed by atoms with Crippen molar-refractivity contribution in [1.82, 2.24) is 19.8 Å². The van der Waals surface area contributed by atoms with Gasteiger partial charge < -0.3 is 29.4 Å². The van der Waals surface area contributed by atoms with Crippen LogP contribution in [0.1, 0.15) is 18.2 Å². The van der Waals surface area contributed by atoms with Gasteiger partial charge in [-0.2, -0.15) is 9.97 Å². The van der Waals surface area contributed by atoms with E-state index in [-0.39, 0.29) is 11.8 Å². The first-order valence-electron chi connectivity index (χ1n) is 13.2. The maximum Gasteiger partial charge on any atom is 0.318 e. The number of hydrogen-bond acceptors (Lipinski definition) is 9. The Morgan fingerprint density at radius 2 is 2.00 bits per heavy atom. The molecule has 38 heavy (non-hydrogen) atoms. The highest BCUT2D eigenvalue weighted by Crippen LogP contribution is 2.36. The number of aromatic hydroxyl groups is 1. The largest absolute Gasteiger partial charge is 0.508 e. The number of ether oxygens (including phenoxy) is 1. The van der Waals surface area contributed by atoms with Gasteiger partial charge in [-0.15, -0.1) is 0 Å². The molecule has 9 nitrogen and oxygen atoms in total. The van der Waals surface area contributed by atoms with Gasteiger partial charge >= 0.3 is 6.01 Å². The number of aldehydes is 1. The molecule has 1 fully saturated rings. The van der Waals surface area contributed by atoms with Gasteiger partial charge in [-0.05, 0) is 45.0 Å². The second-order valence-corrected chi connectivity index (χ2v) is 10.3. The van der Waals surface area contributed by atoms with E-state index in [1.165, 1.54) is 0 Å². The van der Waals surface area contributed by atoms with Crippen molar-refractivity contribution in [2.45, 2.75) is 25.9 Å². The van der Waals surface area contributed by atoms with Crippen LogP contribution >= 0.6 is 0 Å². The highest BCUT2D eigenvalue weighted by atomic mass is 16.5. The Bertz CT molecular complexity index is 1330. The molecule has 2 aromatic carbocycles. The molecule has 1 saturated heterocycles. The predicted octanol–water partition coefficient (Wildman–Crippen LogP) is 3.06. The molecule has 0 amide bonds. The first kappa shape index (κ1) is 25.8. The number of aromatic nitrogens is 2. The van der Waals surface area contributed by atoms with Crippen LogP contribution < -0.4 is 14.5 Å². The molecule has 2 aliphatic heterocycles. The lowest BCUT2D eigenvalue weighted by Crippen LogP contribution is -2.51. The molecule has 5 rings (SSSR count). The summed E-state index contributed by atoms with van der Waals surface area (Å²) < 4.78 is 6.04. The minimum atomic E-state index is 0.210. The number of benzene rings is 2. The number of carbonyl (C=O) groups excluding carboxylic acids is 1. The van der Waals surface area contributed by atoms with Gasteiger partial charge in [-0.25, -0.2) is 0 Å². The molecule has 0 radical (unpaired) electrons. The van der Waals surface area contributed by atoms with Crippen molar-refractivity contribution in [3.63, 3.8) is 0 Å². The zero-order valence-electron chi connectivity index (χ0n) is 22.4. The summed E-state index contributed by atoms with van der Waals surface area (Å²) in [5.41, 5.74) is 3.13. The SMILES string of the molecule is C[C@H]1CN(C=CC=O)CCN1c1nc(OCCN(C)C)nc2c1CCN(c1cc(O)cc3ccccc13)C2. The lowest BCUT2D eigenvalue weighted by atomic mass is 10.0. The van der Waals surface area contributed by atoms with E-state index in [1.54, 1.807) is 12.1 Å². The Morgan fingerprint density at radius 3 is 2.79 bits per heavy atom. The molecule has 200 valence electrons. The van der Waals surface area contributed by atoms with Crippen LogP contribution in [0.2, 0.25) is 0 Å². The van der Waals surface area contributed by atoms with E-state index in [0.717, 1.165) is 79.0 Å². The second kappa shape index (κ2) is 11.3. The van der Waals surface area contributed by atoms with Crippen molar-refractivity contribution in [3.05, 3.63) is 59.9 Å². The third-order valence-corrected chi connectivity index (χ3v) is 7.26. The minimum Gasteiger partial charge on any atom is -0.508 e. The fourth-order valence-corrected chi connectivity index (χ4v) is 5.35. The Morgan fingerprint density at radius 1 is 1.16 bits per heavy atom. The van der Waals surface area contributed by atoms with Gasteiger partial charge in [-0.3, -0.25) is 4.79 Å². The number of hydrogen-bond donors (Lipinski definition) is 1. The number of phenolic OH excluding ortho intramolecular Hbond substituents is 1. The Hall–Kier alpha value is -3.85. The molecule has 0 bridgehead atoms. The minimum absolute atomic E-state index is 0.210. The summed E-state index contributed by atoms with van der Waals surface area (Å²) in [7, 11) is 4.03. The summed E-state index contributed by atoms with van der Waals surface area (Å²) in [5, 5.41) is 12.6. The molecule has 0 spiro atoms. The van der Waals surface area contributed by atoms with Crippen molar-refractivity contribution in [3.8, 4) is 11.8 Å². The number of carbonyl (C=O) groups is 1. The zero-order chi connectivity index (χ0) is 26.6. The number of anilines is 2. The first-order chi connectivity index (χ1) is 18.4. The van der Waals surface area contributed by atoms with Crippen LogP contribution in [0, 0.1) is 0 Å². The quantitative estimate of drug-likeness (QED) is 0.359. The van der Waals surface area contributed by atoms with Gasteiger partial charge in [0.15, 0.2) is 0 Å². The summed E-state index contributed by atoms with van der Waals surface area (Å²) in [5.74, 6) is 1.21. The molecular weight excluding hydrogens is 480 g/mol. The molecule has 0 saturated carbocycles. The average molecular weight is 517 g/mol. The van der Waals surface area contributed by atoms with Crippen LogP contribution in [0.3, 0.4) is 0 Å². The number of nitrogens with zero attached hydrogens (tertiary/aromatic N) is 6. The molecular formula is C29H36N6O3. The third kappa shape index (κ3) is 5.52. The van der Waals surface area contributed by atoms with Gasteiger partial charge in [0.1, 0.15) is 24.5 Å². The fraction of sp³-hybridized carbons (Fsp3) is 0.414. The third-order valence-electron chi connectivity index (χ3n) is 7.26. The van der Waals surface area contributed by atoms with Gasteiger partial charge in [0.2, 0.25) is 0 Å². The fourth-order valence-electron chi connectivity index (χ4n) is 5.35. The van der Waals surface area contributed by atoms with Gasteiger partial charge in [0.25, 0.3) is 0 Å². The number of rotatable bonds is 8. The van der Waals surface area contributed by atoms with E-state index in [1.807, 2.05) is 44.6 Å². The molecule has 3 heterocycles. The normalized spacial score (nSPS) is 17.9. The van der Waals surface area contributed by atoms with Crippen LogP contribution in [-0.2, 0) is 17.8 Å². The van der Waals surface area contributed by atoms with E-state index in [0.29, 0.717) is 19.2 Å². The van der Waals surface area contributed by atoms with Crippen molar-refractivity contribution in [1.29, 1.82) is 0 Å². The Labute approximate surface area is 223 Å². The monoisotopic (exact) mass is 516 g/mol. The van der Waals surface area contributed by atoms with E-state index < -0.39 is 0 Å². The van der Waals surface area contributed by atoms with Gasteiger partial charge in [-0.1, -0.05) is 24.3 Å². The molecule has 1 aromatic heterocycles. The Kier molecular flexibility index (Phi) is 7.64. The molecule has 1 N–H and O–H groups in total. The maximum absolute atomic E-state index is 10.8. The predicted molar refractivity (Wildman–Crippen MR) is 150 cm³/mol.